The maximum Gasteiger partial charge on any atom is 0.258 e. The van der Waals surface area contributed by atoms with E-state index in [0.29, 0.717) is 36.1 Å². The van der Waals surface area contributed by atoms with Gasteiger partial charge in [0.25, 0.3) is 5.91 Å². The van der Waals surface area contributed by atoms with Gasteiger partial charge in [-0.3, -0.25) is 4.79 Å². The smallest absolute Gasteiger partial charge is 0.258 e. The summed E-state index contributed by atoms with van der Waals surface area (Å²) in [6, 6.07) is 8.72. The van der Waals surface area contributed by atoms with E-state index in [1.165, 1.54) is 6.07 Å². The van der Waals surface area contributed by atoms with Crippen LogP contribution in [0.1, 0.15) is 27.9 Å². The molecule has 1 atom stereocenters. The molecule has 1 aliphatic rings. The number of carbonyl (C=O) groups is 1. The topological polar surface area (TPSA) is 38.8 Å². The summed E-state index contributed by atoms with van der Waals surface area (Å²) in [4.78, 5) is 14.5. The number of aryl methyl sites for hydroxylation is 1. The highest BCUT2D eigenvalue weighted by Crippen LogP contribution is 2.31. The number of hydrogen-bond donors (Lipinski definition) is 0. The van der Waals surface area contributed by atoms with E-state index in [-0.39, 0.29) is 16.5 Å². The van der Waals surface area contributed by atoms with Crippen molar-refractivity contribution in [3.05, 3.63) is 57.9 Å². The Bertz CT molecular complexity index is 856. The third kappa shape index (κ3) is 4.03. The first-order valence-electron chi connectivity index (χ1n) is 8.89. The van der Waals surface area contributed by atoms with Crippen LogP contribution in [0.15, 0.2) is 30.3 Å². The molecule has 0 spiro atoms. The van der Waals surface area contributed by atoms with Crippen LogP contribution >= 0.6 is 11.6 Å². The van der Waals surface area contributed by atoms with E-state index in [9.17, 15) is 9.18 Å². The first-order chi connectivity index (χ1) is 12.9. The number of nitrogens with zero attached hydrogens (tertiary/aromatic N) is 1. The largest absolute Gasteiger partial charge is 0.493 e. The second kappa shape index (κ2) is 8.17. The number of amides is 1. The monoisotopic (exact) mass is 391 g/mol. The van der Waals surface area contributed by atoms with E-state index in [4.69, 9.17) is 21.1 Å². The molecule has 1 amide bonds. The van der Waals surface area contributed by atoms with E-state index >= 15 is 0 Å². The standard InChI is InChI=1S/C21H23ClFNO3/c1-13-4-6-16(23)19(20(13)22)21(25)24-9-8-15(12-24)10-14-5-7-17(26-2)18(11-14)27-3/h4-7,11,15H,8-10,12H2,1-3H3. The van der Waals surface area contributed by atoms with Gasteiger partial charge in [0.05, 0.1) is 24.8 Å². The number of halogens is 2. The summed E-state index contributed by atoms with van der Waals surface area (Å²) < 4.78 is 24.8. The molecule has 2 aromatic rings. The lowest BCUT2D eigenvalue weighted by atomic mass is 9.98. The average Bonchev–Trinajstić information content (AvgIpc) is 3.13. The summed E-state index contributed by atoms with van der Waals surface area (Å²) in [6.45, 7) is 2.94. The fourth-order valence-electron chi connectivity index (χ4n) is 3.54. The van der Waals surface area contributed by atoms with Crippen LogP contribution in [0.5, 0.6) is 11.5 Å². The van der Waals surface area contributed by atoms with E-state index in [1.807, 2.05) is 18.2 Å². The summed E-state index contributed by atoms with van der Waals surface area (Å²) in [7, 11) is 3.21. The van der Waals surface area contributed by atoms with Crippen molar-refractivity contribution in [2.75, 3.05) is 27.3 Å². The summed E-state index contributed by atoms with van der Waals surface area (Å²) in [5.74, 6) is 0.775. The van der Waals surface area contributed by atoms with E-state index in [2.05, 4.69) is 0 Å². The van der Waals surface area contributed by atoms with Crippen molar-refractivity contribution in [3.8, 4) is 11.5 Å². The quantitative estimate of drug-likeness (QED) is 0.752. The summed E-state index contributed by atoms with van der Waals surface area (Å²) in [5, 5.41) is 0.198. The van der Waals surface area contributed by atoms with Crippen LogP contribution in [0, 0.1) is 18.7 Å². The van der Waals surface area contributed by atoms with E-state index < -0.39 is 5.82 Å². The Morgan fingerprint density at radius 1 is 1.22 bits per heavy atom. The van der Waals surface area contributed by atoms with Crippen molar-refractivity contribution in [2.45, 2.75) is 19.8 Å². The number of benzene rings is 2. The average molecular weight is 392 g/mol. The molecule has 1 unspecified atom stereocenters. The first-order valence-corrected chi connectivity index (χ1v) is 9.27. The molecule has 0 N–H and O–H groups in total. The zero-order chi connectivity index (χ0) is 19.6. The highest BCUT2D eigenvalue weighted by molar-refractivity contribution is 6.34. The molecule has 2 aromatic carbocycles. The van der Waals surface area contributed by atoms with E-state index in [0.717, 1.165) is 18.4 Å². The fourth-order valence-corrected chi connectivity index (χ4v) is 3.77. The molecule has 1 heterocycles. The maximum atomic E-state index is 14.2. The predicted octanol–water partition coefficient (Wildman–Crippen LogP) is 4.51. The van der Waals surface area contributed by atoms with Crippen molar-refractivity contribution in [2.24, 2.45) is 5.92 Å². The van der Waals surface area contributed by atoms with Crippen LogP contribution in [-0.4, -0.2) is 38.1 Å². The Morgan fingerprint density at radius 3 is 2.67 bits per heavy atom. The van der Waals surface area contributed by atoms with Crippen molar-refractivity contribution in [1.82, 2.24) is 4.90 Å². The molecule has 3 rings (SSSR count). The summed E-state index contributed by atoms with van der Waals surface area (Å²) in [5.41, 5.74) is 1.79. The van der Waals surface area contributed by atoms with Crippen molar-refractivity contribution >= 4 is 17.5 Å². The predicted molar refractivity (Wildman–Crippen MR) is 103 cm³/mol. The van der Waals surface area contributed by atoms with Gasteiger partial charge >= 0.3 is 0 Å². The summed E-state index contributed by atoms with van der Waals surface area (Å²) >= 11 is 6.19. The Morgan fingerprint density at radius 2 is 1.96 bits per heavy atom. The lowest BCUT2D eigenvalue weighted by Gasteiger charge is -2.18. The highest BCUT2D eigenvalue weighted by Gasteiger charge is 2.30. The highest BCUT2D eigenvalue weighted by atomic mass is 35.5. The van der Waals surface area contributed by atoms with E-state index in [1.54, 1.807) is 32.1 Å². The van der Waals surface area contributed by atoms with Gasteiger partial charge in [-0.25, -0.2) is 4.39 Å². The van der Waals surface area contributed by atoms with Crippen LogP contribution in [0.4, 0.5) is 4.39 Å². The SMILES string of the molecule is COc1ccc(CC2CCN(C(=O)c3c(F)ccc(C)c3Cl)C2)cc1OC. The van der Waals surface area contributed by atoms with Gasteiger partial charge in [-0.15, -0.1) is 0 Å². The third-order valence-corrected chi connectivity index (χ3v) is 5.53. The Balaban J connectivity index is 1.71. The Labute approximate surface area is 163 Å². The minimum Gasteiger partial charge on any atom is -0.493 e. The van der Waals surface area contributed by atoms with Gasteiger partial charge in [-0.05, 0) is 55.0 Å². The first kappa shape index (κ1) is 19.5. The van der Waals surface area contributed by atoms with Crippen LogP contribution in [-0.2, 0) is 6.42 Å². The molecule has 0 aliphatic carbocycles. The second-order valence-electron chi connectivity index (χ2n) is 6.85. The minimum absolute atomic E-state index is 0.0246. The molecule has 0 bridgehead atoms. The lowest BCUT2D eigenvalue weighted by molar-refractivity contribution is 0.0782. The normalized spacial score (nSPS) is 16.5. The van der Waals surface area contributed by atoms with Crippen molar-refractivity contribution in [3.63, 3.8) is 0 Å². The molecule has 1 aliphatic heterocycles. The molecule has 27 heavy (non-hydrogen) atoms. The molecular formula is C21H23ClFNO3. The zero-order valence-electron chi connectivity index (χ0n) is 15.7. The van der Waals surface area contributed by atoms with Gasteiger partial charge in [0.15, 0.2) is 11.5 Å². The molecule has 144 valence electrons. The molecule has 1 fully saturated rings. The molecular weight excluding hydrogens is 369 g/mol. The van der Waals surface area contributed by atoms with Crippen LogP contribution in [0.2, 0.25) is 5.02 Å². The summed E-state index contributed by atoms with van der Waals surface area (Å²) in [6.07, 6.45) is 1.68. The molecule has 4 nitrogen and oxygen atoms in total. The van der Waals surface area contributed by atoms with Gasteiger partial charge in [-0.2, -0.15) is 0 Å². The molecule has 6 heteroatoms. The Hall–Kier alpha value is -2.27. The van der Waals surface area contributed by atoms with Crippen molar-refractivity contribution in [1.29, 1.82) is 0 Å². The Kier molecular flexibility index (Phi) is 5.90. The fraction of sp³-hybridized carbons (Fsp3) is 0.381. The zero-order valence-corrected chi connectivity index (χ0v) is 16.5. The number of methoxy groups -OCH3 is 2. The van der Waals surface area contributed by atoms with Crippen molar-refractivity contribution < 1.29 is 18.7 Å². The third-order valence-electron chi connectivity index (χ3n) is 5.04. The number of rotatable bonds is 5. The van der Waals surface area contributed by atoms with Crippen LogP contribution < -0.4 is 9.47 Å². The van der Waals surface area contributed by atoms with Gasteiger partial charge < -0.3 is 14.4 Å². The number of carbonyl (C=O) groups excluding carboxylic acids is 1. The number of ether oxygens (including phenoxy) is 2. The number of likely N-dealkylation sites (tertiary alicyclic amines) is 1. The minimum atomic E-state index is -0.570. The van der Waals surface area contributed by atoms with Gasteiger partial charge in [-0.1, -0.05) is 23.7 Å². The molecule has 0 aromatic heterocycles. The molecule has 0 radical (unpaired) electrons. The van der Waals surface area contributed by atoms with Gasteiger partial charge in [0, 0.05) is 13.1 Å². The van der Waals surface area contributed by atoms with Gasteiger partial charge in [0.1, 0.15) is 5.82 Å². The van der Waals surface area contributed by atoms with Gasteiger partial charge in [0.2, 0.25) is 0 Å². The molecule has 1 saturated heterocycles. The van der Waals surface area contributed by atoms with Crippen LogP contribution in [0.25, 0.3) is 0 Å². The molecule has 0 saturated carbocycles. The lowest BCUT2D eigenvalue weighted by Crippen LogP contribution is -2.30. The second-order valence-corrected chi connectivity index (χ2v) is 7.23. The van der Waals surface area contributed by atoms with Crippen LogP contribution in [0.3, 0.4) is 0 Å². The maximum absolute atomic E-state index is 14.2. The number of hydrogen-bond acceptors (Lipinski definition) is 3.